The van der Waals surface area contributed by atoms with Crippen LogP contribution in [-0.2, 0) is 11.3 Å². The molecule has 0 spiro atoms. The van der Waals surface area contributed by atoms with E-state index >= 15 is 0 Å². The molecule has 28 heavy (non-hydrogen) atoms. The number of H-pyrrole nitrogens is 1. The van der Waals surface area contributed by atoms with Gasteiger partial charge in [-0.25, -0.2) is 9.97 Å². The van der Waals surface area contributed by atoms with Gasteiger partial charge in [0.15, 0.2) is 11.6 Å². The van der Waals surface area contributed by atoms with Gasteiger partial charge in [-0.05, 0) is 31.2 Å². The van der Waals surface area contributed by atoms with Crippen molar-refractivity contribution in [3.8, 4) is 11.4 Å². The molecule has 2 aromatic carbocycles. The number of benzene rings is 2. The average molecular weight is 414 g/mol. The molecule has 1 unspecified atom stereocenters. The van der Waals surface area contributed by atoms with Gasteiger partial charge in [-0.2, -0.15) is 5.10 Å². The first-order valence-corrected chi connectivity index (χ1v) is 9.68. The first kappa shape index (κ1) is 18.4. The zero-order valence-corrected chi connectivity index (χ0v) is 16.1. The monoisotopic (exact) mass is 413 g/mol. The van der Waals surface area contributed by atoms with Crippen LogP contribution in [0.4, 0.5) is 17.5 Å². The van der Waals surface area contributed by atoms with Gasteiger partial charge in [0.05, 0.1) is 10.5 Å². The number of anilines is 3. The van der Waals surface area contributed by atoms with E-state index in [2.05, 4.69) is 30.2 Å². The van der Waals surface area contributed by atoms with E-state index in [0.717, 1.165) is 10.9 Å². The summed E-state index contributed by atoms with van der Waals surface area (Å²) < 4.78 is 24.7. The fraction of sp³-hybridized carbons (Fsp3) is 0.0556. The lowest BCUT2D eigenvalue weighted by atomic mass is 10.2. The lowest BCUT2D eigenvalue weighted by molar-refractivity contribution is 0.542. The van der Waals surface area contributed by atoms with E-state index in [-0.39, 0.29) is 11.6 Å². The number of hydrogen-bond donors (Lipinski definition) is 3. The topological polar surface area (TPSA) is 119 Å². The van der Waals surface area contributed by atoms with Gasteiger partial charge in [-0.1, -0.05) is 35.9 Å². The standard InChI is InChI=1S/C18H15ClN6O2S/c1-10-15(21-18-12-7-3-5-9-14(12)23-24-18)20-17(22-16(10)25-28(26)27)11-6-2-4-8-13(11)19/h2-9H,1H3,(H,26,27)(H3,20,21,22,23,24,25)/p-1. The normalized spacial score (nSPS) is 12.1. The summed E-state index contributed by atoms with van der Waals surface area (Å²) in [7, 11) is 0. The van der Waals surface area contributed by atoms with Crippen molar-refractivity contribution >= 4 is 51.2 Å². The molecule has 0 fully saturated rings. The first-order chi connectivity index (χ1) is 13.5. The summed E-state index contributed by atoms with van der Waals surface area (Å²) in [5, 5.41) is 11.7. The molecule has 0 bridgehead atoms. The molecule has 0 aliphatic heterocycles. The van der Waals surface area contributed by atoms with Crippen LogP contribution in [0.3, 0.4) is 0 Å². The van der Waals surface area contributed by atoms with Crippen molar-refractivity contribution in [3.63, 3.8) is 0 Å². The highest BCUT2D eigenvalue weighted by molar-refractivity contribution is 7.80. The molecule has 2 aromatic heterocycles. The van der Waals surface area contributed by atoms with Crippen LogP contribution >= 0.6 is 11.6 Å². The number of aromatic amines is 1. The number of rotatable bonds is 5. The highest BCUT2D eigenvalue weighted by Gasteiger charge is 2.16. The van der Waals surface area contributed by atoms with Crippen molar-refractivity contribution in [2.75, 3.05) is 10.0 Å². The van der Waals surface area contributed by atoms with Crippen molar-refractivity contribution in [1.29, 1.82) is 0 Å². The number of halogens is 1. The second-order valence-corrected chi connectivity index (χ2v) is 7.01. The Labute approximate surface area is 167 Å². The van der Waals surface area contributed by atoms with Crippen molar-refractivity contribution in [2.45, 2.75) is 6.92 Å². The van der Waals surface area contributed by atoms with Crippen molar-refractivity contribution in [1.82, 2.24) is 20.2 Å². The van der Waals surface area contributed by atoms with E-state index < -0.39 is 11.3 Å². The van der Waals surface area contributed by atoms with Crippen molar-refractivity contribution < 1.29 is 8.76 Å². The Balaban J connectivity index is 1.84. The molecular weight excluding hydrogens is 400 g/mol. The van der Waals surface area contributed by atoms with Gasteiger partial charge in [-0.15, -0.1) is 0 Å². The molecule has 0 saturated carbocycles. The molecule has 10 heteroatoms. The van der Waals surface area contributed by atoms with E-state index in [9.17, 15) is 8.76 Å². The van der Waals surface area contributed by atoms with Crippen LogP contribution < -0.4 is 10.0 Å². The van der Waals surface area contributed by atoms with E-state index in [4.69, 9.17) is 11.6 Å². The summed E-state index contributed by atoms with van der Waals surface area (Å²) in [4.78, 5) is 8.88. The van der Waals surface area contributed by atoms with E-state index in [1.54, 1.807) is 31.2 Å². The molecule has 0 aliphatic carbocycles. The molecule has 2 heterocycles. The fourth-order valence-corrected chi connectivity index (χ4v) is 3.33. The van der Waals surface area contributed by atoms with Crippen LogP contribution in [0.2, 0.25) is 5.02 Å². The maximum Gasteiger partial charge on any atom is 0.165 e. The van der Waals surface area contributed by atoms with Gasteiger partial charge in [0.25, 0.3) is 0 Å². The highest BCUT2D eigenvalue weighted by Crippen LogP contribution is 2.32. The quantitative estimate of drug-likeness (QED) is 0.426. The van der Waals surface area contributed by atoms with E-state index in [1.807, 2.05) is 24.3 Å². The Morgan fingerprint density at radius 3 is 2.54 bits per heavy atom. The largest absolute Gasteiger partial charge is 0.755 e. The molecular formula is C18H14ClN6O2S-. The Morgan fingerprint density at radius 2 is 1.75 bits per heavy atom. The maximum absolute atomic E-state index is 11.2. The molecule has 3 N–H and O–H groups in total. The van der Waals surface area contributed by atoms with Gasteiger partial charge in [-0.3, -0.25) is 9.31 Å². The Kier molecular flexibility index (Phi) is 4.95. The number of para-hydroxylation sites is 1. The molecule has 1 atom stereocenters. The van der Waals surface area contributed by atoms with Gasteiger partial charge in [0, 0.05) is 27.8 Å². The summed E-state index contributed by atoms with van der Waals surface area (Å²) in [6.45, 7) is 1.71. The van der Waals surface area contributed by atoms with Crippen molar-refractivity contribution in [3.05, 3.63) is 59.1 Å². The van der Waals surface area contributed by atoms with Crippen LogP contribution in [0.25, 0.3) is 22.3 Å². The third kappa shape index (κ3) is 3.55. The summed E-state index contributed by atoms with van der Waals surface area (Å²) in [5.41, 5.74) is 1.97. The predicted molar refractivity (Wildman–Crippen MR) is 109 cm³/mol. The zero-order valence-electron chi connectivity index (χ0n) is 14.6. The Morgan fingerprint density at radius 1 is 1.04 bits per heavy atom. The first-order valence-electron chi connectivity index (χ1n) is 8.22. The Hall–Kier alpha value is -3.01. The molecule has 0 saturated heterocycles. The molecule has 142 valence electrons. The minimum atomic E-state index is -2.54. The predicted octanol–water partition coefficient (Wildman–Crippen LogP) is 3.93. The third-order valence-corrected chi connectivity index (χ3v) is 4.84. The summed E-state index contributed by atoms with van der Waals surface area (Å²) >= 11 is 3.73. The minimum Gasteiger partial charge on any atom is -0.755 e. The van der Waals surface area contributed by atoms with Crippen LogP contribution in [0.1, 0.15) is 5.56 Å². The zero-order chi connectivity index (χ0) is 19.7. The van der Waals surface area contributed by atoms with Gasteiger partial charge < -0.3 is 14.6 Å². The number of nitrogens with zero attached hydrogens (tertiary/aromatic N) is 3. The number of hydrogen-bond acceptors (Lipinski definition) is 6. The maximum atomic E-state index is 11.2. The van der Waals surface area contributed by atoms with E-state index in [1.165, 1.54) is 0 Å². The highest BCUT2D eigenvalue weighted by atomic mass is 35.5. The van der Waals surface area contributed by atoms with Gasteiger partial charge >= 0.3 is 0 Å². The summed E-state index contributed by atoms with van der Waals surface area (Å²) in [6, 6.07) is 14.7. The third-order valence-electron chi connectivity index (χ3n) is 4.15. The molecule has 4 aromatic rings. The number of fused-ring (bicyclic) bond motifs is 1. The summed E-state index contributed by atoms with van der Waals surface area (Å²) in [5.74, 6) is 1.42. The molecule has 0 radical (unpaired) electrons. The molecule has 4 rings (SSSR count). The van der Waals surface area contributed by atoms with Gasteiger partial charge in [0.1, 0.15) is 11.6 Å². The molecule has 0 aliphatic rings. The van der Waals surface area contributed by atoms with E-state index in [0.29, 0.717) is 27.8 Å². The number of nitrogens with one attached hydrogen (secondary N) is 3. The second-order valence-electron chi connectivity index (χ2n) is 5.93. The fourth-order valence-electron chi connectivity index (χ4n) is 2.75. The van der Waals surface area contributed by atoms with Crippen LogP contribution in [0.5, 0.6) is 0 Å². The lowest BCUT2D eigenvalue weighted by Crippen LogP contribution is -2.10. The van der Waals surface area contributed by atoms with Crippen LogP contribution in [0.15, 0.2) is 48.5 Å². The van der Waals surface area contributed by atoms with Crippen LogP contribution in [0, 0.1) is 6.92 Å². The van der Waals surface area contributed by atoms with Crippen LogP contribution in [-0.4, -0.2) is 28.9 Å². The molecule has 8 nitrogen and oxygen atoms in total. The smallest absolute Gasteiger partial charge is 0.165 e. The van der Waals surface area contributed by atoms with Gasteiger partial charge in [0.2, 0.25) is 0 Å². The Bertz CT molecular complexity index is 1200. The number of aromatic nitrogens is 4. The summed E-state index contributed by atoms with van der Waals surface area (Å²) in [6.07, 6.45) is 0. The van der Waals surface area contributed by atoms with Crippen molar-refractivity contribution in [2.24, 2.45) is 0 Å². The molecule has 0 amide bonds. The SMILES string of the molecule is Cc1c(Nc2n[nH]c3ccccc23)nc(-c2ccccc2Cl)nc1NS(=O)[O-]. The second kappa shape index (κ2) is 7.55. The average Bonchev–Trinajstić information content (AvgIpc) is 3.08. The lowest BCUT2D eigenvalue weighted by Gasteiger charge is -2.16. The minimum absolute atomic E-state index is 0.153.